The van der Waals surface area contributed by atoms with E-state index >= 15 is 0 Å². The van der Waals surface area contributed by atoms with Gasteiger partial charge in [0.2, 0.25) is 0 Å². The zero-order valence-corrected chi connectivity index (χ0v) is 12.6. The minimum absolute atomic E-state index is 0.0180. The Bertz CT molecular complexity index is 596. The molecule has 0 aliphatic carbocycles. The summed E-state index contributed by atoms with van der Waals surface area (Å²) < 4.78 is 10.8. The molecule has 7 heteroatoms. The van der Waals surface area contributed by atoms with E-state index in [4.69, 9.17) is 9.15 Å². The molecule has 1 atom stereocenters. The maximum atomic E-state index is 12.3. The number of hydrogen-bond acceptors (Lipinski definition) is 5. The van der Waals surface area contributed by atoms with E-state index in [1.165, 1.54) is 11.3 Å². The minimum atomic E-state index is -0.128. The highest BCUT2D eigenvalue weighted by molar-refractivity contribution is 7.13. The molecule has 1 saturated heterocycles. The van der Waals surface area contributed by atoms with Crippen LogP contribution in [0.15, 0.2) is 28.1 Å². The molecule has 112 valence electrons. The number of nitrogens with one attached hydrogen (secondary N) is 1. The van der Waals surface area contributed by atoms with Gasteiger partial charge >= 0.3 is 6.03 Å². The van der Waals surface area contributed by atoms with Gasteiger partial charge in [-0.1, -0.05) is 0 Å². The summed E-state index contributed by atoms with van der Waals surface area (Å²) in [6.45, 7) is 1.17. The van der Waals surface area contributed by atoms with Crippen molar-refractivity contribution in [3.05, 3.63) is 35.2 Å². The Morgan fingerprint density at radius 1 is 1.62 bits per heavy atom. The average Bonchev–Trinajstić information content (AvgIpc) is 3.19. The number of carbonyl (C=O) groups is 1. The van der Waals surface area contributed by atoms with Crippen LogP contribution >= 0.6 is 11.3 Å². The van der Waals surface area contributed by atoms with Crippen molar-refractivity contribution in [3.63, 3.8) is 0 Å². The van der Waals surface area contributed by atoms with Gasteiger partial charge in [-0.15, -0.1) is 11.3 Å². The van der Waals surface area contributed by atoms with Gasteiger partial charge in [-0.2, -0.15) is 0 Å². The molecule has 0 spiro atoms. The molecule has 1 N–H and O–H groups in total. The number of aromatic nitrogens is 1. The minimum Gasteiger partial charge on any atom is -0.461 e. The van der Waals surface area contributed by atoms with Crippen LogP contribution in [-0.4, -0.2) is 29.6 Å². The summed E-state index contributed by atoms with van der Waals surface area (Å²) in [6.07, 6.45) is 3.55. The Kier molecular flexibility index (Phi) is 4.21. The second kappa shape index (κ2) is 6.28. The second-order valence-electron chi connectivity index (χ2n) is 4.86. The summed E-state index contributed by atoms with van der Waals surface area (Å²) in [5.74, 6) is 1.59. The number of carbonyl (C=O) groups excluding carboxylic acids is 1. The number of likely N-dealkylation sites (tertiary alicyclic amines) is 1. The Morgan fingerprint density at radius 2 is 2.52 bits per heavy atom. The van der Waals surface area contributed by atoms with Crippen LogP contribution in [0.3, 0.4) is 0 Å². The predicted molar refractivity (Wildman–Crippen MR) is 79.2 cm³/mol. The van der Waals surface area contributed by atoms with E-state index in [-0.39, 0.29) is 12.1 Å². The van der Waals surface area contributed by atoms with Crippen LogP contribution in [0.1, 0.15) is 30.4 Å². The van der Waals surface area contributed by atoms with Crippen LogP contribution in [0, 0.1) is 0 Å². The van der Waals surface area contributed by atoms with Crippen molar-refractivity contribution in [2.75, 3.05) is 19.0 Å². The summed E-state index contributed by atoms with van der Waals surface area (Å²) in [6, 6.07) is 3.68. The van der Waals surface area contributed by atoms with Crippen molar-refractivity contribution in [1.29, 1.82) is 0 Å². The Labute approximate surface area is 126 Å². The molecule has 1 aliphatic rings. The molecule has 3 rings (SSSR count). The van der Waals surface area contributed by atoms with Gasteiger partial charge in [-0.05, 0) is 25.0 Å². The number of nitrogens with zero attached hydrogens (tertiary/aromatic N) is 2. The van der Waals surface area contributed by atoms with Gasteiger partial charge < -0.3 is 14.1 Å². The summed E-state index contributed by atoms with van der Waals surface area (Å²) in [5.41, 5.74) is 0. The van der Waals surface area contributed by atoms with E-state index in [2.05, 4.69) is 10.3 Å². The lowest BCUT2D eigenvalue weighted by molar-refractivity contribution is 0.157. The van der Waals surface area contributed by atoms with Crippen molar-refractivity contribution >= 4 is 22.5 Å². The molecule has 2 aromatic heterocycles. The number of ether oxygens (including phenoxy) is 1. The van der Waals surface area contributed by atoms with Gasteiger partial charge in [-0.3, -0.25) is 5.32 Å². The number of hydrogen-bond donors (Lipinski definition) is 1. The molecule has 0 radical (unpaired) electrons. The van der Waals surface area contributed by atoms with E-state index in [0.29, 0.717) is 11.7 Å². The second-order valence-corrected chi connectivity index (χ2v) is 5.75. The van der Waals surface area contributed by atoms with Gasteiger partial charge in [0, 0.05) is 25.2 Å². The molecule has 21 heavy (non-hydrogen) atoms. The maximum Gasteiger partial charge on any atom is 0.324 e. The molecule has 1 fully saturated rings. The quantitative estimate of drug-likeness (QED) is 0.941. The van der Waals surface area contributed by atoms with E-state index in [1.54, 1.807) is 18.2 Å². The van der Waals surface area contributed by atoms with Crippen molar-refractivity contribution < 1.29 is 13.9 Å². The fourth-order valence-corrected chi connectivity index (χ4v) is 3.07. The number of anilines is 1. The molecule has 1 aliphatic heterocycles. The fourth-order valence-electron chi connectivity index (χ4n) is 2.55. The number of urea groups is 1. The summed E-state index contributed by atoms with van der Waals surface area (Å²) in [5, 5.41) is 5.27. The van der Waals surface area contributed by atoms with Gasteiger partial charge in [0.15, 0.2) is 5.13 Å². The molecular weight excluding hydrogens is 290 g/mol. The summed E-state index contributed by atoms with van der Waals surface area (Å²) in [7, 11) is 1.63. The third-order valence-electron chi connectivity index (χ3n) is 3.46. The van der Waals surface area contributed by atoms with Crippen molar-refractivity contribution in [1.82, 2.24) is 9.88 Å². The van der Waals surface area contributed by atoms with Crippen molar-refractivity contribution in [3.8, 4) is 0 Å². The zero-order valence-electron chi connectivity index (χ0n) is 11.7. The zero-order chi connectivity index (χ0) is 14.7. The Morgan fingerprint density at radius 3 is 3.29 bits per heavy atom. The molecule has 6 nitrogen and oxygen atoms in total. The van der Waals surface area contributed by atoms with Crippen LogP contribution in [-0.2, 0) is 11.3 Å². The maximum absolute atomic E-state index is 12.3. The van der Waals surface area contributed by atoms with Crippen LogP contribution in [0.5, 0.6) is 0 Å². The normalized spacial score (nSPS) is 18.1. The number of methoxy groups -OCH3 is 1. The Hall–Kier alpha value is -1.86. The number of furan rings is 1. The van der Waals surface area contributed by atoms with Crippen LogP contribution in [0.4, 0.5) is 9.93 Å². The van der Waals surface area contributed by atoms with Gasteiger partial charge in [0.1, 0.15) is 18.1 Å². The molecular formula is C14H17N3O3S. The van der Waals surface area contributed by atoms with E-state index in [9.17, 15) is 4.79 Å². The molecule has 0 bridgehead atoms. The first-order valence-corrected chi connectivity index (χ1v) is 7.70. The fraction of sp³-hybridized carbons (Fsp3) is 0.429. The largest absolute Gasteiger partial charge is 0.461 e. The lowest BCUT2D eigenvalue weighted by Gasteiger charge is -2.22. The molecule has 2 aromatic rings. The summed E-state index contributed by atoms with van der Waals surface area (Å²) in [4.78, 5) is 18.2. The SMILES string of the molecule is COCc1ccc(C2CCCN2C(=O)Nc2nccs2)o1. The molecule has 3 heterocycles. The summed E-state index contributed by atoms with van der Waals surface area (Å²) >= 11 is 1.41. The first-order chi connectivity index (χ1) is 10.3. The predicted octanol–water partition coefficient (Wildman–Crippen LogP) is 3.25. The first kappa shape index (κ1) is 14.1. The average molecular weight is 307 g/mol. The van der Waals surface area contributed by atoms with Crippen LogP contribution in [0.2, 0.25) is 0 Å². The number of rotatable bonds is 4. The van der Waals surface area contributed by atoms with Crippen molar-refractivity contribution in [2.24, 2.45) is 0 Å². The van der Waals surface area contributed by atoms with E-state index in [0.717, 1.165) is 30.9 Å². The molecule has 1 unspecified atom stereocenters. The van der Waals surface area contributed by atoms with E-state index in [1.807, 2.05) is 17.5 Å². The molecule has 0 aromatic carbocycles. The topological polar surface area (TPSA) is 67.6 Å². The molecule has 2 amide bonds. The molecule has 0 saturated carbocycles. The Balaban J connectivity index is 1.70. The smallest absolute Gasteiger partial charge is 0.324 e. The highest BCUT2D eigenvalue weighted by Gasteiger charge is 2.32. The van der Waals surface area contributed by atoms with Gasteiger partial charge in [0.25, 0.3) is 0 Å². The lowest BCUT2D eigenvalue weighted by Crippen LogP contribution is -2.34. The van der Waals surface area contributed by atoms with E-state index < -0.39 is 0 Å². The lowest BCUT2D eigenvalue weighted by atomic mass is 10.2. The highest BCUT2D eigenvalue weighted by Crippen LogP contribution is 2.33. The van der Waals surface area contributed by atoms with Crippen LogP contribution in [0.25, 0.3) is 0 Å². The third kappa shape index (κ3) is 3.08. The number of thiazole rings is 1. The standard InChI is InChI=1S/C14H17N3O3S/c1-19-9-10-4-5-12(20-10)11-3-2-7-17(11)14(18)16-13-15-6-8-21-13/h4-6,8,11H,2-3,7,9H2,1H3,(H,15,16,18). The number of amides is 2. The highest BCUT2D eigenvalue weighted by atomic mass is 32.1. The van der Waals surface area contributed by atoms with Crippen molar-refractivity contribution in [2.45, 2.75) is 25.5 Å². The monoisotopic (exact) mass is 307 g/mol. The first-order valence-electron chi connectivity index (χ1n) is 6.82. The van der Waals surface area contributed by atoms with Crippen LogP contribution < -0.4 is 5.32 Å². The van der Waals surface area contributed by atoms with Gasteiger partial charge in [0.05, 0.1) is 6.04 Å². The van der Waals surface area contributed by atoms with Gasteiger partial charge in [-0.25, -0.2) is 9.78 Å². The third-order valence-corrected chi connectivity index (χ3v) is 4.15.